The fourth-order valence-electron chi connectivity index (χ4n) is 2.10. The van der Waals surface area contributed by atoms with Gasteiger partial charge in [0.15, 0.2) is 0 Å². The summed E-state index contributed by atoms with van der Waals surface area (Å²) >= 11 is 0. The molecule has 0 amide bonds. The molecule has 0 spiro atoms. The number of nitrogens with zero attached hydrogens (tertiary/aromatic N) is 3. The van der Waals surface area contributed by atoms with Crippen molar-refractivity contribution in [2.45, 2.75) is 20.4 Å². The zero-order valence-electron chi connectivity index (χ0n) is 10.2. The molecule has 0 saturated carbocycles. The van der Waals surface area contributed by atoms with Crippen LogP contribution in [-0.4, -0.2) is 47.4 Å². The Morgan fingerprint density at radius 2 is 1.94 bits per heavy atom. The number of anilines is 1. The molecule has 0 atom stereocenters. The maximum atomic E-state index is 5.90. The molecule has 0 bridgehead atoms. The van der Waals surface area contributed by atoms with Gasteiger partial charge < -0.3 is 11.1 Å². The van der Waals surface area contributed by atoms with Crippen LogP contribution in [0.15, 0.2) is 0 Å². The number of nitrogens with one attached hydrogen (secondary N) is 1. The summed E-state index contributed by atoms with van der Waals surface area (Å²) in [5.74, 6) is 0. The third kappa shape index (κ3) is 2.36. The van der Waals surface area contributed by atoms with Gasteiger partial charge in [-0.1, -0.05) is 0 Å². The molecule has 5 nitrogen and oxygen atoms in total. The highest BCUT2D eigenvalue weighted by Crippen LogP contribution is 2.14. The highest BCUT2D eigenvalue weighted by atomic mass is 15.3. The lowest BCUT2D eigenvalue weighted by molar-refractivity contribution is 0.228. The number of aromatic nitrogens is 2. The zero-order valence-corrected chi connectivity index (χ0v) is 10.2. The van der Waals surface area contributed by atoms with E-state index in [2.05, 4.69) is 15.3 Å². The van der Waals surface area contributed by atoms with E-state index < -0.39 is 0 Å². The van der Waals surface area contributed by atoms with E-state index in [4.69, 9.17) is 5.73 Å². The van der Waals surface area contributed by atoms with Gasteiger partial charge in [-0.15, -0.1) is 0 Å². The van der Waals surface area contributed by atoms with Crippen molar-refractivity contribution in [1.29, 1.82) is 0 Å². The molecule has 1 aromatic rings. The summed E-state index contributed by atoms with van der Waals surface area (Å²) in [5, 5.41) is 7.80. The van der Waals surface area contributed by atoms with Gasteiger partial charge in [0.25, 0.3) is 0 Å². The van der Waals surface area contributed by atoms with Crippen LogP contribution < -0.4 is 11.1 Å². The van der Waals surface area contributed by atoms with E-state index in [1.807, 2.05) is 18.5 Å². The number of rotatable bonds is 3. The Morgan fingerprint density at radius 1 is 1.25 bits per heavy atom. The molecule has 1 aliphatic heterocycles. The van der Waals surface area contributed by atoms with E-state index in [9.17, 15) is 0 Å². The lowest BCUT2D eigenvalue weighted by Crippen LogP contribution is -2.44. The number of nitrogens with two attached hydrogens (primary N) is 1. The van der Waals surface area contributed by atoms with Crippen molar-refractivity contribution < 1.29 is 0 Å². The number of hydrogen-bond donors (Lipinski definition) is 2. The van der Waals surface area contributed by atoms with Gasteiger partial charge in [0.2, 0.25) is 0 Å². The van der Waals surface area contributed by atoms with Gasteiger partial charge in [0, 0.05) is 32.7 Å². The summed E-state index contributed by atoms with van der Waals surface area (Å²) in [5.41, 5.74) is 8.77. The third-order valence-electron chi connectivity index (χ3n) is 3.28. The zero-order chi connectivity index (χ0) is 11.5. The molecule has 16 heavy (non-hydrogen) atoms. The van der Waals surface area contributed by atoms with Crippen LogP contribution >= 0.6 is 0 Å². The molecule has 1 aliphatic rings. The molecule has 3 N–H and O–H groups in total. The largest absolute Gasteiger partial charge is 0.396 e. The SMILES string of the molecule is Cc1nn(CCN2CCNCC2)c(C)c1N. The van der Waals surface area contributed by atoms with Crippen LogP contribution in [0.1, 0.15) is 11.4 Å². The van der Waals surface area contributed by atoms with E-state index in [0.29, 0.717) is 0 Å². The van der Waals surface area contributed by atoms with Gasteiger partial charge in [-0.05, 0) is 13.8 Å². The molecular formula is C11H21N5. The highest BCUT2D eigenvalue weighted by molar-refractivity contribution is 5.46. The minimum atomic E-state index is 0.834. The maximum Gasteiger partial charge on any atom is 0.0825 e. The van der Waals surface area contributed by atoms with Crippen LogP contribution in [0.5, 0.6) is 0 Å². The maximum absolute atomic E-state index is 5.90. The van der Waals surface area contributed by atoms with Crippen molar-refractivity contribution in [3.05, 3.63) is 11.4 Å². The first kappa shape index (κ1) is 11.4. The number of hydrogen-bond acceptors (Lipinski definition) is 4. The van der Waals surface area contributed by atoms with Crippen LogP contribution in [0.3, 0.4) is 0 Å². The van der Waals surface area contributed by atoms with Gasteiger partial charge in [-0.25, -0.2) is 0 Å². The number of piperazine rings is 1. The van der Waals surface area contributed by atoms with Crippen LogP contribution in [0, 0.1) is 13.8 Å². The second-order valence-corrected chi connectivity index (χ2v) is 4.40. The van der Waals surface area contributed by atoms with E-state index in [0.717, 1.165) is 56.3 Å². The Labute approximate surface area is 96.6 Å². The molecule has 2 heterocycles. The van der Waals surface area contributed by atoms with Gasteiger partial charge in [-0.2, -0.15) is 5.10 Å². The lowest BCUT2D eigenvalue weighted by atomic mass is 10.3. The quantitative estimate of drug-likeness (QED) is 0.756. The predicted molar refractivity (Wildman–Crippen MR) is 65.4 cm³/mol. The predicted octanol–water partition coefficient (Wildman–Crippen LogP) is -0.0127. The van der Waals surface area contributed by atoms with Crippen molar-refractivity contribution in [2.75, 3.05) is 38.5 Å². The van der Waals surface area contributed by atoms with Crippen molar-refractivity contribution in [1.82, 2.24) is 20.0 Å². The van der Waals surface area contributed by atoms with Gasteiger partial charge in [0.1, 0.15) is 0 Å². The van der Waals surface area contributed by atoms with E-state index in [1.54, 1.807) is 0 Å². The molecule has 0 unspecified atom stereocenters. The van der Waals surface area contributed by atoms with Gasteiger partial charge in [0.05, 0.1) is 23.6 Å². The van der Waals surface area contributed by atoms with Crippen molar-refractivity contribution in [3.8, 4) is 0 Å². The minimum Gasteiger partial charge on any atom is -0.396 e. The Hall–Kier alpha value is -1.07. The van der Waals surface area contributed by atoms with Gasteiger partial charge >= 0.3 is 0 Å². The monoisotopic (exact) mass is 223 g/mol. The molecule has 5 heteroatoms. The summed E-state index contributed by atoms with van der Waals surface area (Å²) in [6.45, 7) is 10.5. The summed E-state index contributed by atoms with van der Waals surface area (Å²) in [7, 11) is 0. The summed E-state index contributed by atoms with van der Waals surface area (Å²) in [4.78, 5) is 2.46. The second kappa shape index (κ2) is 4.84. The molecule has 0 radical (unpaired) electrons. The lowest BCUT2D eigenvalue weighted by Gasteiger charge is -2.27. The Bertz CT molecular complexity index is 352. The standard InChI is InChI=1S/C11H21N5/c1-9-11(12)10(2)16(14-9)8-7-15-5-3-13-4-6-15/h13H,3-8,12H2,1-2H3. The average Bonchev–Trinajstić information content (AvgIpc) is 2.56. The normalized spacial score (nSPS) is 17.9. The average molecular weight is 223 g/mol. The van der Waals surface area contributed by atoms with Crippen molar-refractivity contribution >= 4 is 5.69 Å². The molecule has 0 aromatic carbocycles. The molecule has 1 saturated heterocycles. The van der Waals surface area contributed by atoms with E-state index >= 15 is 0 Å². The second-order valence-electron chi connectivity index (χ2n) is 4.40. The number of nitrogen functional groups attached to an aromatic ring is 1. The highest BCUT2D eigenvalue weighted by Gasteiger charge is 2.11. The first-order valence-corrected chi connectivity index (χ1v) is 5.91. The first-order chi connectivity index (χ1) is 7.68. The number of aryl methyl sites for hydroxylation is 1. The molecule has 0 aliphatic carbocycles. The Kier molecular flexibility index (Phi) is 3.46. The minimum absolute atomic E-state index is 0.834. The third-order valence-corrected chi connectivity index (χ3v) is 3.28. The van der Waals surface area contributed by atoms with Crippen LogP contribution in [0.2, 0.25) is 0 Å². The summed E-state index contributed by atoms with van der Waals surface area (Å²) in [6.07, 6.45) is 0. The fourth-order valence-corrected chi connectivity index (χ4v) is 2.10. The van der Waals surface area contributed by atoms with Crippen molar-refractivity contribution in [3.63, 3.8) is 0 Å². The Balaban J connectivity index is 1.91. The first-order valence-electron chi connectivity index (χ1n) is 5.91. The Morgan fingerprint density at radius 3 is 2.50 bits per heavy atom. The van der Waals surface area contributed by atoms with Crippen LogP contribution in [0.4, 0.5) is 5.69 Å². The molecule has 90 valence electrons. The van der Waals surface area contributed by atoms with Crippen LogP contribution in [-0.2, 0) is 6.54 Å². The molecule has 1 aromatic heterocycles. The fraction of sp³-hybridized carbons (Fsp3) is 0.727. The van der Waals surface area contributed by atoms with Crippen molar-refractivity contribution in [2.24, 2.45) is 0 Å². The summed E-state index contributed by atoms with van der Waals surface area (Å²) in [6, 6.07) is 0. The van der Waals surface area contributed by atoms with Gasteiger partial charge in [-0.3, -0.25) is 9.58 Å². The van der Waals surface area contributed by atoms with E-state index in [-0.39, 0.29) is 0 Å². The molecule has 2 rings (SSSR count). The summed E-state index contributed by atoms with van der Waals surface area (Å²) < 4.78 is 2.02. The topological polar surface area (TPSA) is 59.1 Å². The van der Waals surface area contributed by atoms with E-state index in [1.165, 1.54) is 0 Å². The molecule has 1 fully saturated rings. The molecular weight excluding hydrogens is 202 g/mol. The smallest absolute Gasteiger partial charge is 0.0825 e. The van der Waals surface area contributed by atoms with Crippen LogP contribution in [0.25, 0.3) is 0 Å².